The van der Waals surface area contributed by atoms with E-state index in [0.717, 1.165) is 16.3 Å². The lowest BCUT2D eigenvalue weighted by atomic mass is 9.98. The van der Waals surface area contributed by atoms with Crippen LogP contribution >= 0.6 is 0 Å². The van der Waals surface area contributed by atoms with Gasteiger partial charge in [0.25, 0.3) is 5.91 Å². The van der Waals surface area contributed by atoms with Crippen LogP contribution in [-0.2, 0) is 25.5 Å². The second-order valence-corrected chi connectivity index (χ2v) is 9.06. The first-order chi connectivity index (χ1) is 17.8. The summed E-state index contributed by atoms with van der Waals surface area (Å²) in [6.45, 7) is 5.06. The second kappa shape index (κ2) is 13.4. The monoisotopic (exact) mass is 506 g/mol. The van der Waals surface area contributed by atoms with Crippen LogP contribution in [0.25, 0.3) is 10.8 Å². The summed E-state index contributed by atoms with van der Waals surface area (Å²) in [6.07, 6.45) is -1.36. The van der Waals surface area contributed by atoms with Crippen LogP contribution in [0.15, 0.2) is 72.8 Å². The van der Waals surface area contributed by atoms with Gasteiger partial charge in [-0.1, -0.05) is 80.6 Å². The lowest BCUT2D eigenvalue weighted by Gasteiger charge is -2.27. The Morgan fingerprint density at radius 1 is 0.892 bits per heavy atom. The van der Waals surface area contributed by atoms with Crippen molar-refractivity contribution < 1.29 is 29.0 Å². The molecule has 2 amide bonds. The first-order valence-electron chi connectivity index (χ1n) is 12.4. The van der Waals surface area contributed by atoms with Gasteiger partial charge in [-0.2, -0.15) is 0 Å². The molecule has 0 saturated carbocycles. The van der Waals surface area contributed by atoms with Crippen molar-refractivity contribution in [3.8, 4) is 5.75 Å². The average Bonchev–Trinajstić information content (AvgIpc) is 2.90. The minimum atomic E-state index is -1.57. The van der Waals surface area contributed by atoms with Crippen molar-refractivity contribution >= 4 is 28.6 Å². The van der Waals surface area contributed by atoms with Crippen molar-refractivity contribution in [3.05, 3.63) is 78.4 Å². The Kier molecular flexibility index (Phi) is 10.0. The van der Waals surface area contributed by atoms with Crippen molar-refractivity contribution in [1.82, 2.24) is 10.6 Å². The molecular weight excluding hydrogens is 472 g/mol. The van der Waals surface area contributed by atoms with E-state index in [9.17, 15) is 19.5 Å². The summed E-state index contributed by atoms with van der Waals surface area (Å²) in [5.74, 6) is -1.50. The Labute approximate surface area is 217 Å². The Bertz CT molecular complexity index is 1190. The number of fused-ring (bicyclic) bond motifs is 1. The van der Waals surface area contributed by atoms with E-state index in [0.29, 0.717) is 5.75 Å². The molecule has 8 nitrogen and oxygen atoms in total. The Morgan fingerprint density at radius 2 is 1.57 bits per heavy atom. The standard InChI is InChI=1S/C29H34N2O6/c1-4-36-29(35)27(33)23(17-20-11-6-5-7-12-20)30-28(34)26(19(2)3)31-25(32)18-37-24-16-10-14-21-13-8-9-15-22(21)24/h5-16,19,23,26-27,33H,4,17-18H2,1-3H3,(H,30,34)(H,31,32)/t23-,26-,27-/m0/s1. The molecule has 0 unspecified atom stereocenters. The number of aliphatic hydroxyl groups is 1. The molecule has 0 fully saturated rings. The highest BCUT2D eigenvalue weighted by Crippen LogP contribution is 2.25. The van der Waals surface area contributed by atoms with Crippen LogP contribution in [0.2, 0.25) is 0 Å². The molecule has 3 atom stereocenters. The van der Waals surface area contributed by atoms with Crippen LogP contribution < -0.4 is 15.4 Å². The van der Waals surface area contributed by atoms with Gasteiger partial charge < -0.3 is 25.2 Å². The Hall–Kier alpha value is -3.91. The molecule has 3 aromatic carbocycles. The molecule has 8 heteroatoms. The van der Waals surface area contributed by atoms with Crippen LogP contribution in [0.5, 0.6) is 5.75 Å². The molecule has 3 aromatic rings. The van der Waals surface area contributed by atoms with Gasteiger partial charge in [-0.25, -0.2) is 4.79 Å². The molecule has 0 aliphatic heterocycles. The van der Waals surface area contributed by atoms with E-state index in [1.807, 2.05) is 66.7 Å². The van der Waals surface area contributed by atoms with Gasteiger partial charge >= 0.3 is 5.97 Å². The fraction of sp³-hybridized carbons (Fsp3) is 0.345. The van der Waals surface area contributed by atoms with Crippen LogP contribution in [0.3, 0.4) is 0 Å². The van der Waals surface area contributed by atoms with E-state index in [1.165, 1.54) is 0 Å². The summed E-state index contributed by atoms with van der Waals surface area (Å²) < 4.78 is 10.7. The largest absolute Gasteiger partial charge is 0.483 e. The van der Waals surface area contributed by atoms with Crippen molar-refractivity contribution in [2.75, 3.05) is 13.2 Å². The van der Waals surface area contributed by atoms with Gasteiger partial charge in [0.1, 0.15) is 11.8 Å². The number of hydrogen-bond acceptors (Lipinski definition) is 6. The summed E-state index contributed by atoms with van der Waals surface area (Å²) >= 11 is 0. The Balaban J connectivity index is 1.68. The van der Waals surface area contributed by atoms with Crippen molar-refractivity contribution in [2.24, 2.45) is 5.92 Å². The maximum Gasteiger partial charge on any atom is 0.337 e. The van der Waals surface area contributed by atoms with E-state index in [4.69, 9.17) is 9.47 Å². The maximum absolute atomic E-state index is 13.2. The zero-order valence-electron chi connectivity index (χ0n) is 21.3. The summed E-state index contributed by atoms with van der Waals surface area (Å²) in [4.78, 5) is 38.2. The van der Waals surface area contributed by atoms with Gasteiger partial charge in [0.05, 0.1) is 12.6 Å². The molecule has 0 saturated heterocycles. The number of rotatable bonds is 12. The summed E-state index contributed by atoms with van der Waals surface area (Å²) in [6, 6.07) is 20.6. The van der Waals surface area contributed by atoms with E-state index in [-0.39, 0.29) is 25.6 Å². The zero-order chi connectivity index (χ0) is 26.8. The normalized spacial score (nSPS) is 13.4. The summed E-state index contributed by atoms with van der Waals surface area (Å²) in [5, 5.41) is 18.0. The third-order valence-corrected chi connectivity index (χ3v) is 5.91. The lowest BCUT2D eigenvalue weighted by molar-refractivity contribution is -0.155. The molecule has 0 aliphatic carbocycles. The number of carbonyl (C=O) groups excluding carboxylic acids is 3. The average molecular weight is 507 g/mol. The first kappa shape index (κ1) is 27.7. The summed E-state index contributed by atoms with van der Waals surface area (Å²) in [7, 11) is 0. The van der Waals surface area contributed by atoms with Gasteiger partial charge in [-0.05, 0) is 36.3 Å². The number of hydrogen-bond donors (Lipinski definition) is 3. The van der Waals surface area contributed by atoms with Crippen molar-refractivity contribution in [3.63, 3.8) is 0 Å². The van der Waals surface area contributed by atoms with Crippen molar-refractivity contribution in [2.45, 2.75) is 45.4 Å². The van der Waals surface area contributed by atoms with Crippen LogP contribution in [0, 0.1) is 5.92 Å². The molecular formula is C29H34N2O6. The van der Waals surface area contributed by atoms with Crippen LogP contribution in [0.1, 0.15) is 26.3 Å². The minimum absolute atomic E-state index is 0.100. The molecule has 196 valence electrons. The molecule has 0 bridgehead atoms. The topological polar surface area (TPSA) is 114 Å². The number of ether oxygens (including phenoxy) is 2. The highest BCUT2D eigenvalue weighted by Gasteiger charge is 2.32. The van der Waals surface area contributed by atoms with Gasteiger partial charge in [0.15, 0.2) is 12.7 Å². The van der Waals surface area contributed by atoms with E-state index in [1.54, 1.807) is 26.8 Å². The molecule has 37 heavy (non-hydrogen) atoms. The Morgan fingerprint density at radius 3 is 2.27 bits per heavy atom. The van der Waals surface area contributed by atoms with E-state index < -0.39 is 36.0 Å². The van der Waals surface area contributed by atoms with Gasteiger partial charge in [-0.3, -0.25) is 9.59 Å². The number of aliphatic hydroxyl groups excluding tert-OH is 1. The van der Waals surface area contributed by atoms with Crippen LogP contribution in [-0.4, -0.2) is 54.3 Å². The molecule has 3 rings (SSSR count). The van der Waals surface area contributed by atoms with E-state index in [2.05, 4.69) is 10.6 Å². The second-order valence-electron chi connectivity index (χ2n) is 9.06. The first-order valence-corrected chi connectivity index (χ1v) is 12.4. The zero-order valence-corrected chi connectivity index (χ0v) is 21.3. The highest BCUT2D eigenvalue weighted by molar-refractivity contribution is 5.90. The number of carbonyl (C=O) groups is 3. The third kappa shape index (κ3) is 7.79. The minimum Gasteiger partial charge on any atom is -0.483 e. The predicted octanol–water partition coefficient (Wildman–Crippen LogP) is 3.01. The SMILES string of the molecule is CCOC(=O)[C@@H](O)[C@H](Cc1ccccc1)NC(=O)[C@@H](NC(=O)COc1cccc2ccccc12)C(C)C. The summed E-state index contributed by atoms with van der Waals surface area (Å²) in [5.41, 5.74) is 0.824. The fourth-order valence-electron chi connectivity index (χ4n) is 3.99. The molecule has 0 heterocycles. The molecule has 0 spiro atoms. The number of benzene rings is 3. The fourth-order valence-corrected chi connectivity index (χ4v) is 3.99. The van der Waals surface area contributed by atoms with Crippen LogP contribution in [0.4, 0.5) is 0 Å². The number of amides is 2. The number of esters is 1. The number of nitrogens with one attached hydrogen (secondary N) is 2. The molecule has 3 N–H and O–H groups in total. The van der Waals surface area contributed by atoms with Gasteiger partial charge in [0.2, 0.25) is 5.91 Å². The maximum atomic E-state index is 13.2. The lowest BCUT2D eigenvalue weighted by Crippen LogP contribution is -2.56. The molecule has 0 aromatic heterocycles. The third-order valence-electron chi connectivity index (χ3n) is 5.91. The molecule has 0 radical (unpaired) electrons. The van der Waals surface area contributed by atoms with Gasteiger partial charge in [0, 0.05) is 5.39 Å². The quantitative estimate of drug-likeness (QED) is 0.326. The molecule has 0 aliphatic rings. The van der Waals surface area contributed by atoms with Gasteiger partial charge in [-0.15, -0.1) is 0 Å². The predicted molar refractivity (Wildman–Crippen MR) is 141 cm³/mol. The van der Waals surface area contributed by atoms with E-state index >= 15 is 0 Å². The van der Waals surface area contributed by atoms with Crippen molar-refractivity contribution in [1.29, 1.82) is 0 Å². The smallest absolute Gasteiger partial charge is 0.337 e. The highest BCUT2D eigenvalue weighted by atomic mass is 16.5.